The summed E-state index contributed by atoms with van der Waals surface area (Å²) in [5, 5.41) is 0. The molecule has 1 aromatic heterocycles. The first kappa shape index (κ1) is 12.6. The predicted molar refractivity (Wildman–Crippen MR) is 75.6 cm³/mol. The van der Waals surface area contributed by atoms with Gasteiger partial charge in [-0.15, -0.1) is 0 Å². The van der Waals surface area contributed by atoms with Crippen molar-refractivity contribution >= 4 is 31.9 Å². The van der Waals surface area contributed by atoms with Crippen LogP contribution in [-0.2, 0) is 0 Å². The van der Waals surface area contributed by atoms with Crippen LogP contribution in [0.5, 0.6) is 11.6 Å². The number of benzene rings is 1. The van der Waals surface area contributed by atoms with E-state index in [0.717, 1.165) is 25.8 Å². The largest absolute Gasteiger partial charge is 0.438 e. The normalized spacial score (nSPS) is 10.4. The van der Waals surface area contributed by atoms with E-state index in [1.54, 1.807) is 6.20 Å². The maximum Gasteiger partial charge on any atom is 0.222 e. The number of halogens is 2. The molecule has 0 N–H and O–H groups in total. The van der Waals surface area contributed by atoms with Gasteiger partial charge >= 0.3 is 0 Å². The Morgan fingerprint density at radius 3 is 2.47 bits per heavy atom. The molecule has 0 saturated heterocycles. The molecule has 0 aliphatic carbocycles. The van der Waals surface area contributed by atoms with E-state index >= 15 is 0 Å². The average Bonchev–Trinajstić information content (AvgIpc) is 2.27. The van der Waals surface area contributed by atoms with Gasteiger partial charge in [0.15, 0.2) is 0 Å². The minimum atomic E-state index is 0.634. The molecule has 0 radical (unpaired) electrons. The lowest BCUT2D eigenvalue weighted by Gasteiger charge is -2.10. The summed E-state index contributed by atoms with van der Waals surface area (Å²) in [4.78, 5) is 4.26. The zero-order chi connectivity index (χ0) is 12.4. The molecule has 0 unspecified atom stereocenters. The fourth-order valence-corrected chi connectivity index (χ4v) is 2.21. The molecule has 88 valence electrons. The van der Waals surface area contributed by atoms with Gasteiger partial charge in [0.05, 0.1) is 0 Å². The molecular formula is C13H11Br2NO. The van der Waals surface area contributed by atoms with Crippen molar-refractivity contribution < 1.29 is 4.74 Å². The van der Waals surface area contributed by atoms with E-state index in [2.05, 4.69) is 36.8 Å². The van der Waals surface area contributed by atoms with Gasteiger partial charge in [0.2, 0.25) is 5.88 Å². The van der Waals surface area contributed by atoms with Crippen LogP contribution >= 0.6 is 31.9 Å². The Bertz CT molecular complexity index is 555. The fraction of sp³-hybridized carbons (Fsp3) is 0.154. The molecule has 17 heavy (non-hydrogen) atoms. The molecule has 0 spiro atoms. The van der Waals surface area contributed by atoms with E-state index in [0.29, 0.717) is 5.88 Å². The number of hydrogen-bond acceptors (Lipinski definition) is 2. The third-order valence-electron chi connectivity index (χ3n) is 2.35. The van der Waals surface area contributed by atoms with Gasteiger partial charge in [-0.1, -0.05) is 22.0 Å². The summed E-state index contributed by atoms with van der Waals surface area (Å²) >= 11 is 6.81. The third kappa shape index (κ3) is 3.07. The molecule has 0 saturated carbocycles. The van der Waals surface area contributed by atoms with Crippen LogP contribution in [0, 0.1) is 13.8 Å². The van der Waals surface area contributed by atoms with Crippen LogP contribution in [0.2, 0.25) is 0 Å². The number of ether oxygens (including phenoxy) is 1. The monoisotopic (exact) mass is 355 g/mol. The minimum Gasteiger partial charge on any atom is -0.438 e. The number of pyridine rings is 1. The van der Waals surface area contributed by atoms with Crippen molar-refractivity contribution in [2.75, 3.05) is 0 Å². The molecule has 4 heteroatoms. The highest BCUT2D eigenvalue weighted by atomic mass is 79.9. The highest BCUT2D eigenvalue weighted by molar-refractivity contribution is 9.10. The molecular weight excluding hydrogens is 346 g/mol. The van der Waals surface area contributed by atoms with E-state index in [-0.39, 0.29) is 0 Å². The standard InChI is InChI=1S/C13H11Br2NO/c1-8-3-4-10(14)6-12(8)17-13-9(2)5-11(15)7-16-13/h3-7H,1-2H3. The zero-order valence-electron chi connectivity index (χ0n) is 9.50. The van der Waals surface area contributed by atoms with E-state index in [9.17, 15) is 0 Å². The van der Waals surface area contributed by atoms with Gasteiger partial charge in [-0.25, -0.2) is 4.98 Å². The van der Waals surface area contributed by atoms with Gasteiger partial charge in [0.25, 0.3) is 0 Å². The maximum absolute atomic E-state index is 5.81. The molecule has 2 rings (SSSR count). The van der Waals surface area contributed by atoms with Crippen LogP contribution in [0.15, 0.2) is 39.4 Å². The van der Waals surface area contributed by atoms with Crippen LogP contribution in [0.25, 0.3) is 0 Å². The summed E-state index contributed by atoms with van der Waals surface area (Å²) in [6, 6.07) is 7.92. The molecule has 0 atom stereocenters. The Morgan fingerprint density at radius 2 is 1.76 bits per heavy atom. The number of aryl methyl sites for hydroxylation is 2. The highest BCUT2D eigenvalue weighted by Crippen LogP contribution is 2.29. The molecule has 1 aromatic carbocycles. The SMILES string of the molecule is Cc1ccc(Br)cc1Oc1ncc(Br)cc1C. The van der Waals surface area contributed by atoms with Crippen LogP contribution in [0.4, 0.5) is 0 Å². The Balaban J connectivity index is 2.34. The van der Waals surface area contributed by atoms with Crippen molar-refractivity contribution in [3.63, 3.8) is 0 Å². The van der Waals surface area contributed by atoms with Crippen LogP contribution in [0.3, 0.4) is 0 Å². The Kier molecular flexibility index (Phi) is 3.84. The summed E-state index contributed by atoms with van der Waals surface area (Å²) in [5.74, 6) is 1.45. The van der Waals surface area contributed by atoms with E-state index < -0.39 is 0 Å². The minimum absolute atomic E-state index is 0.634. The second-order valence-corrected chi connectivity index (χ2v) is 5.62. The predicted octanol–water partition coefficient (Wildman–Crippen LogP) is 5.02. The summed E-state index contributed by atoms with van der Waals surface area (Å²) in [7, 11) is 0. The second kappa shape index (κ2) is 5.19. The maximum atomic E-state index is 5.81. The van der Waals surface area contributed by atoms with Crippen LogP contribution in [-0.4, -0.2) is 4.98 Å². The van der Waals surface area contributed by atoms with Crippen molar-refractivity contribution in [2.24, 2.45) is 0 Å². The van der Waals surface area contributed by atoms with Crippen molar-refractivity contribution in [3.8, 4) is 11.6 Å². The zero-order valence-corrected chi connectivity index (χ0v) is 12.7. The fourth-order valence-electron chi connectivity index (χ4n) is 1.42. The van der Waals surface area contributed by atoms with Crippen molar-refractivity contribution in [1.29, 1.82) is 0 Å². The molecule has 2 nitrogen and oxygen atoms in total. The number of hydrogen-bond donors (Lipinski definition) is 0. The van der Waals surface area contributed by atoms with E-state index in [4.69, 9.17) is 4.74 Å². The molecule has 1 heterocycles. The second-order valence-electron chi connectivity index (χ2n) is 3.79. The molecule has 0 aliphatic rings. The van der Waals surface area contributed by atoms with Gasteiger partial charge in [0.1, 0.15) is 5.75 Å². The van der Waals surface area contributed by atoms with Crippen molar-refractivity contribution in [1.82, 2.24) is 4.98 Å². The Morgan fingerprint density at radius 1 is 1.00 bits per heavy atom. The Labute approximate surface area is 117 Å². The smallest absolute Gasteiger partial charge is 0.222 e. The van der Waals surface area contributed by atoms with Gasteiger partial charge in [-0.05, 0) is 53.5 Å². The first-order chi connectivity index (χ1) is 8.06. The molecule has 0 aliphatic heterocycles. The molecule has 2 aromatic rings. The van der Waals surface area contributed by atoms with Crippen LogP contribution in [0.1, 0.15) is 11.1 Å². The lowest BCUT2D eigenvalue weighted by atomic mass is 10.2. The topological polar surface area (TPSA) is 22.1 Å². The van der Waals surface area contributed by atoms with Gasteiger partial charge in [-0.2, -0.15) is 0 Å². The molecule has 0 fully saturated rings. The number of nitrogens with zero attached hydrogens (tertiary/aromatic N) is 1. The third-order valence-corrected chi connectivity index (χ3v) is 3.28. The first-order valence-corrected chi connectivity index (χ1v) is 6.71. The van der Waals surface area contributed by atoms with E-state index in [1.807, 2.05) is 38.1 Å². The van der Waals surface area contributed by atoms with Crippen LogP contribution < -0.4 is 4.74 Å². The molecule has 0 amide bonds. The van der Waals surface area contributed by atoms with Gasteiger partial charge in [-0.3, -0.25) is 0 Å². The summed E-state index contributed by atoms with van der Waals surface area (Å²) in [5.41, 5.74) is 2.08. The first-order valence-electron chi connectivity index (χ1n) is 5.12. The number of aromatic nitrogens is 1. The Hall–Kier alpha value is -0.870. The van der Waals surface area contributed by atoms with E-state index in [1.165, 1.54) is 0 Å². The quantitative estimate of drug-likeness (QED) is 0.754. The van der Waals surface area contributed by atoms with Crippen molar-refractivity contribution in [3.05, 3.63) is 50.5 Å². The van der Waals surface area contributed by atoms with Crippen molar-refractivity contribution in [2.45, 2.75) is 13.8 Å². The lowest BCUT2D eigenvalue weighted by Crippen LogP contribution is -1.93. The summed E-state index contributed by atoms with van der Waals surface area (Å²) < 4.78 is 7.76. The number of rotatable bonds is 2. The highest BCUT2D eigenvalue weighted by Gasteiger charge is 2.06. The van der Waals surface area contributed by atoms with Gasteiger partial charge in [0, 0.05) is 20.7 Å². The van der Waals surface area contributed by atoms with Gasteiger partial charge < -0.3 is 4.74 Å². The average molecular weight is 357 g/mol. The summed E-state index contributed by atoms with van der Waals surface area (Å²) in [6.07, 6.45) is 1.73. The molecule has 0 bridgehead atoms. The lowest BCUT2D eigenvalue weighted by molar-refractivity contribution is 0.455. The summed E-state index contributed by atoms with van der Waals surface area (Å²) in [6.45, 7) is 3.98.